The summed E-state index contributed by atoms with van der Waals surface area (Å²) >= 11 is 0. The molecule has 0 atom stereocenters. The second-order valence-electron chi connectivity index (χ2n) is 4.66. The van der Waals surface area contributed by atoms with E-state index in [2.05, 4.69) is 10.3 Å². The Morgan fingerprint density at radius 1 is 1.42 bits per heavy atom. The van der Waals surface area contributed by atoms with E-state index < -0.39 is 10.0 Å². The van der Waals surface area contributed by atoms with Crippen molar-refractivity contribution in [1.29, 1.82) is 0 Å². The van der Waals surface area contributed by atoms with Crippen LogP contribution in [0.3, 0.4) is 0 Å². The zero-order chi connectivity index (χ0) is 13.9. The molecule has 0 amide bonds. The highest BCUT2D eigenvalue weighted by atomic mass is 32.2. The largest absolute Gasteiger partial charge is 0.396 e. The van der Waals surface area contributed by atoms with Crippen LogP contribution in [0.4, 0.5) is 5.82 Å². The zero-order valence-electron chi connectivity index (χ0n) is 10.9. The minimum absolute atomic E-state index is 0.131. The Hall–Kier alpha value is -1.18. The lowest BCUT2D eigenvalue weighted by atomic mass is 10.00. The third-order valence-electron chi connectivity index (χ3n) is 3.46. The first-order valence-electron chi connectivity index (χ1n) is 6.32. The number of piperidine rings is 1. The van der Waals surface area contributed by atoms with Gasteiger partial charge in [0.15, 0.2) is 0 Å². The smallest absolute Gasteiger partial charge is 0.244 e. The van der Waals surface area contributed by atoms with Crippen LogP contribution >= 0.6 is 0 Å². The van der Waals surface area contributed by atoms with Crippen LogP contribution in [-0.4, -0.2) is 49.6 Å². The number of anilines is 1. The number of nitrogens with one attached hydrogen (secondary N) is 1. The Morgan fingerprint density at radius 2 is 2.11 bits per heavy atom. The number of rotatable bonds is 4. The van der Waals surface area contributed by atoms with Gasteiger partial charge in [-0.05, 0) is 30.9 Å². The van der Waals surface area contributed by atoms with Gasteiger partial charge in [-0.1, -0.05) is 0 Å². The minimum atomic E-state index is -3.46. The number of pyridine rings is 1. The fraction of sp³-hybridized carbons (Fsp3) is 0.583. The molecule has 0 aromatic carbocycles. The van der Waals surface area contributed by atoms with Crippen LogP contribution in [0.2, 0.25) is 0 Å². The molecule has 106 valence electrons. The second kappa shape index (κ2) is 5.85. The number of aliphatic hydroxyl groups is 1. The van der Waals surface area contributed by atoms with Gasteiger partial charge in [-0.25, -0.2) is 13.4 Å². The first-order valence-corrected chi connectivity index (χ1v) is 7.76. The average Bonchev–Trinajstić information content (AvgIpc) is 2.47. The standard InChI is InChI=1S/C12H19N3O3S/c1-13-12-3-2-11(8-14-12)19(17,18)15-6-4-10(9-16)5-7-15/h2-3,8,10,16H,4-7,9H2,1H3,(H,13,14). The van der Waals surface area contributed by atoms with E-state index in [0.717, 1.165) is 0 Å². The van der Waals surface area contributed by atoms with Gasteiger partial charge in [-0.2, -0.15) is 4.31 Å². The molecular formula is C12H19N3O3S. The fourth-order valence-corrected chi connectivity index (χ4v) is 3.58. The molecule has 1 aromatic heterocycles. The van der Waals surface area contributed by atoms with Crippen LogP contribution in [0.5, 0.6) is 0 Å². The van der Waals surface area contributed by atoms with Gasteiger partial charge in [0.1, 0.15) is 10.7 Å². The van der Waals surface area contributed by atoms with Crippen LogP contribution in [0, 0.1) is 5.92 Å². The van der Waals surface area contributed by atoms with Gasteiger partial charge in [0.25, 0.3) is 0 Å². The van der Waals surface area contributed by atoms with Crippen molar-refractivity contribution in [3.63, 3.8) is 0 Å². The van der Waals surface area contributed by atoms with Crippen molar-refractivity contribution in [2.45, 2.75) is 17.7 Å². The third-order valence-corrected chi connectivity index (χ3v) is 5.34. The summed E-state index contributed by atoms with van der Waals surface area (Å²) in [5, 5.41) is 11.9. The van der Waals surface area contributed by atoms with Crippen LogP contribution in [0.15, 0.2) is 23.2 Å². The maximum Gasteiger partial charge on any atom is 0.244 e. The van der Waals surface area contributed by atoms with E-state index in [0.29, 0.717) is 31.7 Å². The molecule has 1 aromatic rings. The van der Waals surface area contributed by atoms with Crippen molar-refractivity contribution >= 4 is 15.8 Å². The monoisotopic (exact) mass is 285 g/mol. The molecule has 0 unspecified atom stereocenters. The lowest BCUT2D eigenvalue weighted by Gasteiger charge is -2.30. The SMILES string of the molecule is CNc1ccc(S(=O)(=O)N2CCC(CO)CC2)cn1. The van der Waals surface area contributed by atoms with E-state index in [-0.39, 0.29) is 17.4 Å². The number of hydrogen-bond acceptors (Lipinski definition) is 5. The first kappa shape index (κ1) is 14.2. The maximum absolute atomic E-state index is 12.4. The normalized spacial score (nSPS) is 18.4. The van der Waals surface area contributed by atoms with Gasteiger partial charge in [0, 0.05) is 32.9 Å². The summed E-state index contributed by atoms with van der Waals surface area (Å²) in [4.78, 5) is 4.25. The maximum atomic E-state index is 12.4. The van der Waals surface area contributed by atoms with E-state index in [1.807, 2.05) is 0 Å². The molecule has 1 fully saturated rings. The number of hydrogen-bond donors (Lipinski definition) is 2. The van der Waals surface area contributed by atoms with Crippen LogP contribution < -0.4 is 5.32 Å². The molecule has 0 radical (unpaired) electrons. The lowest BCUT2D eigenvalue weighted by molar-refractivity contribution is 0.170. The second-order valence-corrected chi connectivity index (χ2v) is 6.60. The molecule has 1 aliphatic heterocycles. The Balaban J connectivity index is 2.13. The van der Waals surface area contributed by atoms with Crippen LogP contribution in [-0.2, 0) is 10.0 Å². The molecule has 6 nitrogen and oxygen atoms in total. The molecule has 19 heavy (non-hydrogen) atoms. The van der Waals surface area contributed by atoms with E-state index >= 15 is 0 Å². The summed E-state index contributed by atoms with van der Waals surface area (Å²) in [7, 11) is -1.72. The number of aromatic nitrogens is 1. The van der Waals surface area contributed by atoms with Crippen LogP contribution in [0.25, 0.3) is 0 Å². The van der Waals surface area contributed by atoms with Crippen molar-refractivity contribution in [2.24, 2.45) is 5.92 Å². The molecule has 1 saturated heterocycles. The van der Waals surface area contributed by atoms with Gasteiger partial charge in [-0.15, -0.1) is 0 Å². The lowest BCUT2D eigenvalue weighted by Crippen LogP contribution is -2.39. The Kier molecular flexibility index (Phi) is 4.38. The zero-order valence-corrected chi connectivity index (χ0v) is 11.7. The van der Waals surface area contributed by atoms with E-state index in [4.69, 9.17) is 5.11 Å². The number of sulfonamides is 1. The molecule has 0 saturated carbocycles. The van der Waals surface area contributed by atoms with Crippen molar-refractivity contribution in [2.75, 3.05) is 32.1 Å². The quantitative estimate of drug-likeness (QED) is 0.842. The predicted molar refractivity (Wildman–Crippen MR) is 72.4 cm³/mol. The van der Waals surface area contributed by atoms with Crippen molar-refractivity contribution in [3.05, 3.63) is 18.3 Å². The Labute approximate surface area is 113 Å². The number of nitrogens with zero attached hydrogens (tertiary/aromatic N) is 2. The minimum Gasteiger partial charge on any atom is -0.396 e. The molecule has 2 heterocycles. The van der Waals surface area contributed by atoms with Crippen molar-refractivity contribution in [1.82, 2.24) is 9.29 Å². The highest BCUT2D eigenvalue weighted by Gasteiger charge is 2.29. The third kappa shape index (κ3) is 3.05. The Morgan fingerprint density at radius 3 is 2.58 bits per heavy atom. The van der Waals surface area contributed by atoms with Crippen molar-refractivity contribution < 1.29 is 13.5 Å². The molecule has 0 bridgehead atoms. The average molecular weight is 285 g/mol. The summed E-state index contributed by atoms with van der Waals surface area (Å²) in [6, 6.07) is 3.21. The van der Waals surface area contributed by atoms with Gasteiger partial charge in [-0.3, -0.25) is 0 Å². The summed E-state index contributed by atoms with van der Waals surface area (Å²) in [6.07, 6.45) is 2.79. The molecule has 2 N–H and O–H groups in total. The van der Waals surface area contributed by atoms with E-state index in [9.17, 15) is 8.42 Å². The molecule has 0 aliphatic carbocycles. The molecule has 1 aliphatic rings. The topological polar surface area (TPSA) is 82.5 Å². The summed E-state index contributed by atoms with van der Waals surface area (Å²) < 4.78 is 26.2. The van der Waals surface area contributed by atoms with Gasteiger partial charge >= 0.3 is 0 Å². The molecule has 2 rings (SSSR count). The Bertz CT molecular complexity index is 508. The predicted octanol–water partition coefficient (Wildman–Crippen LogP) is 0.516. The van der Waals surface area contributed by atoms with Crippen molar-refractivity contribution in [3.8, 4) is 0 Å². The first-order chi connectivity index (χ1) is 9.07. The highest BCUT2D eigenvalue weighted by Crippen LogP contribution is 2.23. The van der Waals surface area contributed by atoms with Gasteiger partial charge in [0.2, 0.25) is 10.0 Å². The van der Waals surface area contributed by atoms with E-state index in [1.54, 1.807) is 19.2 Å². The summed E-state index contributed by atoms with van der Waals surface area (Å²) in [5.74, 6) is 0.856. The number of aliphatic hydroxyl groups excluding tert-OH is 1. The highest BCUT2D eigenvalue weighted by molar-refractivity contribution is 7.89. The summed E-state index contributed by atoms with van der Waals surface area (Å²) in [5.41, 5.74) is 0. The molecule has 0 spiro atoms. The van der Waals surface area contributed by atoms with Gasteiger partial charge in [0.05, 0.1) is 0 Å². The fourth-order valence-electron chi connectivity index (χ4n) is 2.16. The van der Waals surface area contributed by atoms with Gasteiger partial charge < -0.3 is 10.4 Å². The molecular weight excluding hydrogens is 266 g/mol. The van der Waals surface area contributed by atoms with Crippen LogP contribution in [0.1, 0.15) is 12.8 Å². The molecule has 7 heteroatoms. The van der Waals surface area contributed by atoms with E-state index in [1.165, 1.54) is 10.5 Å². The summed E-state index contributed by atoms with van der Waals surface area (Å²) in [6.45, 7) is 1.05.